The number of hydrogen-bond donors (Lipinski definition) is 2. The summed E-state index contributed by atoms with van der Waals surface area (Å²) in [5, 5.41) is 16.9. The molecule has 1 aliphatic rings. The molecule has 1 aliphatic heterocycles. The van der Waals surface area contributed by atoms with Crippen molar-refractivity contribution >= 4 is 5.91 Å². The lowest BCUT2D eigenvalue weighted by atomic mass is 9.94. The maximum atomic E-state index is 12.1. The first-order valence-electron chi connectivity index (χ1n) is 7.18. The lowest BCUT2D eigenvalue weighted by molar-refractivity contribution is -0.131. The summed E-state index contributed by atoms with van der Waals surface area (Å²) < 4.78 is 1.78. The molecule has 0 aromatic carbocycles. The second-order valence-electron chi connectivity index (χ2n) is 5.64. The molecule has 2 rings (SSSR count). The van der Waals surface area contributed by atoms with Gasteiger partial charge in [-0.2, -0.15) is 5.10 Å². The SMILES string of the molecule is CN1CC[C@H](O)[C@H](C(=O)NCCCc2cnn(C)c2)C1. The van der Waals surface area contributed by atoms with Crippen LogP contribution in [0.3, 0.4) is 0 Å². The van der Waals surface area contributed by atoms with Crippen molar-refractivity contribution in [2.75, 3.05) is 26.7 Å². The first kappa shape index (κ1) is 15.0. The molecule has 0 unspecified atom stereocenters. The Bertz CT molecular complexity index is 446. The lowest BCUT2D eigenvalue weighted by Gasteiger charge is -2.32. The van der Waals surface area contributed by atoms with Crippen molar-refractivity contribution in [3.05, 3.63) is 18.0 Å². The Morgan fingerprint density at radius 2 is 2.35 bits per heavy atom. The third-order valence-electron chi connectivity index (χ3n) is 3.82. The third-order valence-corrected chi connectivity index (χ3v) is 3.82. The maximum Gasteiger partial charge on any atom is 0.227 e. The molecule has 0 spiro atoms. The predicted molar refractivity (Wildman–Crippen MR) is 76.1 cm³/mol. The number of carbonyl (C=O) groups excluding carboxylic acids is 1. The molecule has 1 saturated heterocycles. The number of likely N-dealkylation sites (tertiary alicyclic amines) is 1. The van der Waals surface area contributed by atoms with E-state index in [1.807, 2.05) is 26.5 Å². The number of aryl methyl sites for hydroxylation is 2. The number of nitrogens with zero attached hydrogens (tertiary/aromatic N) is 3. The zero-order chi connectivity index (χ0) is 14.5. The smallest absolute Gasteiger partial charge is 0.227 e. The van der Waals surface area contributed by atoms with Gasteiger partial charge < -0.3 is 15.3 Å². The maximum absolute atomic E-state index is 12.1. The van der Waals surface area contributed by atoms with Gasteiger partial charge in [-0.3, -0.25) is 9.48 Å². The Morgan fingerprint density at radius 3 is 3.05 bits per heavy atom. The number of piperidine rings is 1. The molecule has 2 atom stereocenters. The van der Waals surface area contributed by atoms with E-state index < -0.39 is 6.10 Å². The normalized spacial score (nSPS) is 23.8. The van der Waals surface area contributed by atoms with Crippen LogP contribution >= 0.6 is 0 Å². The average Bonchev–Trinajstić information content (AvgIpc) is 2.83. The first-order valence-corrected chi connectivity index (χ1v) is 7.18. The van der Waals surface area contributed by atoms with Crippen LogP contribution in [0.25, 0.3) is 0 Å². The summed E-state index contributed by atoms with van der Waals surface area (Å²) >= 11 is 0. The van der Waals surface area contributed by atoms with Crippen molar-refractivity contribution < 1.29 is 9.90 Å². The summed E-state index contributed by atoms with van der Waals surface area (Å²) in [6.07, 6.45) is 5.79. The Hall–Kier alpha value is -1.40. The van der Waals surface area contributed by atoms with E-state index in [1.165, 1.54) is 5.56 Å². The van der Waals surface area contributed by atoms with Crippen molar-refractivity contribution in [1.82, 2.24) is 20.0 Å². The van der Waals surface area contributed by atoms with Crippen LogP contribution in [-0.4, -0.2) is 58.5 Å². The number of carbonyl (C=O) groups is 1. The number of hydrogen-bond acceptors (Lipinski definition) is 4. The number of aromatic nitrogens is 2. The van der Waals surface area contributed by atoms with E-state index >= 15 is 0 Å². The molecule has 20 heavy (non-hydrogen) atoms. The molecular weight excluding hydrogens is 256 g/mol. The van der Waals surface area contributed by atoms with Gasteiger partial charge in [-0.1, -0.05) is 0 Å². The molecule has 2 N–H and O–H groups in total. The van der Waals surface area contributed by atoms with Crippen LogP contribution in [0, 0.1) is 5.92 Å². The van der Waals surface area contributed by atoms with Crippen LogP contribution in [0.15, 0.2) is 12.4 Å². The zero-order valence-corrected chi connectivity index (χ0v) is 12.2. The van der Waals surface area contributed by atoms with Gasteiger partial charge in [-0.15, -0.1) is 0 Å². The van der Waals surface area contributed by atoms with Crippen LogP contribution in [0.4, 0.5) is 0 Å². The molecule has 0 radical (unpaired) electrons. The predicted octanol–water partition coefficient (Wildman–Crippen LogP) is -0.218. The number of aliphatic hydroxyl groups excluding tert-OH is 1. The van der Waals surface area contributed by atoms with Crippen LogP contribution < -0.4 is 5.32 Å². The van der Waals surface area contributed by atoms with Crippen molar-refractivity contribution in [3.63, 3.8) is 0 Å². The molecule has 0 aliphatic carbocycles. The topological polar surface area (TPSA) is 70.4 Å². The molecule has 1 aromatic rings. The third kappa shape index (κ3) is 4.05. The fraction of sp³-hybridized carbons (Fsp3) is 0.714. The Morgan fingerprint density at radius 1 is 1.55 bits per heavy atom. The number of nitrogens with one attached hydrogen (secondary N) is 1. The molecule has 112 valence electrons. The highest BCUT2D eigenvalue weighted by atomic mass is 16.3. The van der Waals surface area contributed by atoms with Crippen LogP contribution in [0.1, 0.15) is 18.4 Å². The van der Waals surface area contributed by atoms with E-state index in [4.69, 9.17) is 0 Å². The highest BCUT2D eigenvalue weighted by Crippen LogP contribution is 2.16. The minimum absolute atomic E-state index is 0.0322. The quantitative estimate of drug-likeness (QED) is 0.732. The van der Waals surface area contributed by atoms with Gasteiger partial charge in [0.15, 0.2) is 0 Å². The summed E-state index contributed by atoms with van der Waals surface area (Å²) in [5.41, 5.74) is 1.18. The van der Waals surface area contributed by atoms with Gasteiger partial charge in [0.2, 0.25) is 5.91 Å². The van der Waals surface area contributed by atoms with Crippen molar-refractivity contribution in [3.8, 4) is 0 Å². The Kier molecular flexibility index (Phi) is 5.14. The molecular formula is C14H24N4O2. The van der Waals surface area contributed by atoms with Gasteiger partial charge in [-0.05, 0) is 31.9 Å². The zero-order valence-electron chi connectivity index (χ0n) is 12.2. The fourth-order valence-corrected chi connectivity index (χ4v) is 2.60. The molecule has 6 nitrogen and oxygen atoms in total. The summed E-state index contributed by atoms with van der Waals surface area (Å²) in [6.45, 7) is 2.13. The van der Waals surface area contributed by atoms with Gasteiger partial charge in [0, 0.05) is 32.9 Å². The second-order valence-corrected chi connectivity index (χ2v) is 5.64. The second kappa shape index (κ2) is 6.85. The summed E-state index contributed by atoms with van der Waals surface area (Å²) in [6, 6.07) is 0. The van der Waals surface area contributed by atoms with E-state index in [2.05, 4.69) is 15.3 Å². The molecule has 2 heterocycles. The van der Waals surface area contributed by atoms with Crippen LogP contribution in [0.2, 0.25) is 0 Å². The Balaban J connectivity index is 1.69. The van der Waals surface area contributed by atoms with Crippen molar-refractivity contribution in [2.45, 2.75) is 25.4 Å². The number of rotatable bonds is 5. The summed E-state index contributed by atoms with van der Waals surface area (Å²) in [4.78, 5) is 14.1. The minimum atomic E-state index is -0.510. The summed E-state index contributed by atoms with van der Waals surface area (Å²) in [7, 11) is 3.88. The number of amides is 1. The molecule has 0 saturated carbocycles. The van der Waals surface area contributed by atoms with Crippen LogP contribution in [-0.2, 0) is 18.3 Å². The van der Waals surface area contributed by atoms with E-state index in [-0.39, 0.29) is 11.8 Å². The molecule has 1 fully saturated rings. The first-order chi connectivity index (χ1) is 9.56. The average molecular weight is 280 g/mol. The van der Waals surface area contributed by atoms with Gasteiger partial charge in [0.05, 0.1) is 18.2 Å². The van der Waals surface area contributed by atoms with Crippen molar-refractivity contribution in [2.24, 2.45) is 13.0 Å². The summed E-state index contributed by atoms with van der Waals surface area (Å²) in [5.74, 6) is -0.331. The highest BCUT2D eigenvalue weighted by Gasteiger charge is 2.31. The largest absolute Gasteiger partial charge is 0.392 e. The van der Waals surface area contributed by atoms with E-state index in [1.54, 1.807) is 4.68 Å². The van der Waals surface area contributed by atoms with Gasteiger partial charge in [0.25, 0.3) is 0 Å². The van der Waals surface area contributed by atoms with Crippen LogP contribution in [0.5, 0.6) is 0 Å². The van der Waals surface area contributed by atoms with E-state index in [0.29, 0.717) is 19.5 Å². The van der Waals surface area contributed by atoms with E-state index in [0.717, 1.165) is 19.4 Å². The lowest BCUT2D eigenvalue weighted by Crippen LogP contribution is -2.48. The molecule has 6 heteroatoms. The molecule has 1 aromatic heterocycles. The fourth-order valence-electron chi connectivity index (χ4n) is 2.60. The molecule has 0 bridgehead atoms. The minimum Gasteiger partial charge on any atom is -0.392 e. The van der Waals surface area contributed by atoms with Crippen molar-refractivity contribution in [1.29, 1.82) is 0 Å². The van der Waals surface area contributed by atoms with Gasteiger partial charge in [0.1, 0.15) is 0 Å². The van der Waals surface area contributed by atoms with E-state index in [9.17, 15) is 9.90 Å². The standard InChI is InChI=1S/C14H24N4O2/c1-17-7-5-13(19)12(10-17)14(20)15-6-3-4-11-8-16-18(2)9-11/h8-9,12-13,19H,3-7,10H2,1-2H3,(H,15,20)/t12-,13+/m1/s1. The highest BCUT2D eigenvalue weighted by molar-refractivity contribution is 5.79. The monoisotopic (exact) mass is 280 g/mol. The van der Waals surface area contributed by atoms with Gasteiger partial charge in [-0.25, -0.2) is 0 Å². The molecule has 1 amide bonds. The Labute approximate surface area is 119 Å². The number of aliphatic hydroxyl groups is 1. The van der Waals surface area contributed by atoms with Gasteiger partial charge >= 0.3 is 0 Å².